The van der Waals surface area contributed by atoms with Crippen molar-refractivity contribution in [3.63, 3.8) is 0 Å². The van der Waals surface area contributed by atoms with Crippen LogP contribution in [0.2, 0.25) is 0 Å². The van der Waals surface area contributed by atoms with E-state index in [0.29, 0.717) is 45.8 Å². The van der Waals surface area contributed by atoms with Gasteiger partial charge in [-0.15, -0.1) is 23.1 Å². The molecule has 5 aromatic rings. The van der Waals surface area contributed by atoms with E-state index in [0.717, 1.165) is 41.0 Å². The van der Waals surface area contributed by atoms with Crippen molar-refractivity contribution in [2.75, 3.05) is 84.1 Å². The van der Waals surface area contributed by atoms with Crippen LogP contribution < -0.4 is 75.7 Å². The molecule has 3 aromatic carbocycles. The maximum absolute atomic E-state index is 15.7. The van der Waals surface area contributed by atoms with Gasteiger partial charge in [0.15, 0.2) is 5.96 Å². The van der Waals surface area contributed by atoms with Crippen molar-refractivity contribution in [1.29, 1.82) is 5.41 Å². The monoisotopic (exact) mass is 1890 g/mol. The summed E-state index contributed by atoms with van der Waals surface area (Å²) in [6.07, 6.45) is 0.385. The zero-order valence-corrected chi connectivity index (χ0v) is 77.5. The Kier molecular flexibility index (Phi) is 40.2. The molecule has 0 saturated carbocycles. The number of aromatic hydroxyl groups is 1. The topological polar surface area (TPSA) is 637 Å². The number of unbranched alkanes of at least 4 members (excludes halogenated alkanes) is 1. The van der Waals surface area contributed by atoms with Crippen molar-refractivity contribution in [1.82, 2.24) is 88.0 Å². The molecule has 23 N–H and O–H groups in total. The number of H-pyrrole nitrogens is 1. The van der Waals surface area contributed by atoms with Gasteiger partial charge < -0.3 is 126 Å². The van der Waals surface area contributed by atoms with Gasteiger partial charge in [-0.3, -0.25) is 86.9 Å². The zero-order chi connectivity index (χ0) is 96.9. The number of likely N-dealkylation sites (N-methyl/N-ethyl adjacent to an activating group) is 3. The molecule has 3 fully saturated rings. The molecule has 3 saturated heterocycles. The number of fused-ring (bicyclic) bond motifs is 4. The van der Waals surface area contributed by atoms with E-state index in [-0.39, 0.29) is 88.8 Å². The number of phenols is 1. The van der Waals surface area contributed by atoms with E-state index in [9.17, 15) is 68.4 Å². The Hall–Kier alpha value is -12.2. The highest BCUT2D eigenvalue weighted by molar-refractivity contribution is 8.00. The largest absolute Gasteiger partial charge is 0.508 e. The number of nitrogens with zero attached hydrogens (tertiary/aromatic N) is 5. The van der Waals surface area contributed by atoms with Crippen LogP contribution in [0.25, 0.3) is 21.0 Å². The number of primary amides is 2. The number of aromatic nitrogens is 1. The normalized spacial score (nSPS) is 25.1. The third kappa shape index (κ3) is 29.4. The smallest absolute Gasteiger partial charge is 0.246 e. The first kappa shape index (κ1) is 105. The fraction of sp³-hybridized carbons (Fsp3) is 0.540. The molecule has 132 heavy (non-hydrogen) atoms. The SMILES string of the molecule is CCCC[C@H]1C(=O)N[C@@H](CCCNC(=N)N)C(=O)NC(C(=O)NCC(N)=O)CSCC(=O)N[C@@H](Cc2ccc(O)cc2)C(=O)N(C)[C@@H](C)C(=O)N[C@@H](CC(N)=O)C(=O)N2CCC[C@H]2C(=O)N[C@@H](CO)C(=O)N[C@@H](CC(C)C)C(=O)N2C[C@H](O)CC2C(=O)N[C@@H](Cc2c[nH]c3ccccc23)C(=O)N[C@@H](CO)C(=O)N[C@@H](Cc2csc3ccccc23)C(=O)N(C)[C@@H](CCSC)C(=O)N1C. The predicted molar refractivity (Wildman–Crippen MR) is 492 cm³/mol. The van der Waals surface area contributed by atoms with Gasteiger partial charge in [0.05, 0.1) is 38.0 Å². The molecule has 0 spiro atoms. The Morgan fingerprint density at radius 3 is 1.81 bits per heavy atom. The maximum atomic E-state index is 15.7. The zero-order valence-electron chi connectivity index (χ0n) is 75.0. The molecule has 45 heteroatoms. The number of rotatable bonds is 25. The summed E-state index contributed by atoms with van der Waals surface area (Å²) in [4.78, 5) is 257. The Bertz CT molecular complexity index is 4960. The van der Waals surface area contributed by atoms with Crippen LogP contribution in [-0.2, 0) is 101 Å². The molecule has 0 aliphatic carbocycles. The molecule has 720 valence electrons. The van der Waals surface area contributed by atoms with E-state index in [1.807, 2.05) is 19.1 Å². The molecule has 2 aromatic heterocycles. The number of amides is 17. The third-order valence-electron chi connectivity index (χ3n) is 23.2. The van der Waals surface area contributed by atoms with Gasteiger partial charge in [-0.05, 0) is 122 Å². The lowest BCUT2D eigenvalue weighted by Gasteiger charge is -2.36. The first-order valence-corrected chi connectivity index (χ1v) is 47.0. The van der Waals surface area contributed by atoms with E-state index < -0.39 is 254 Å². The van der Waals surface area contributed by atoms with Crippen LogP contribution in [-0.4, -0.2) is 331 Å². The molecular weight excluding hydrogens is 1770 g/mol. The second kappa shape index (κ2) is 50.4. The number of benzene rings is 3. The fourth-order valence-electron chi connectivity index (χ4n) is 15.9. The van der Waals surface area contributed by atoms with Crippen LogP contribution in [0.5, 0.6) is 5.75 Å². The van der Waals surface area contributed by atoms with Gasteiger partial charge in [0.2, 0.25) is 100 Å². The number of aliphatic hydroxyl groups excluding tert-OH is 3. The fourth-order valence-corrected chi connectivity index (χ4v) is 18.2. The Balaban J connectivity index is 1.19. The van der Waals surface area contributed by atoms with Gasteiger partial charge in [-0.1, -0.05) is 82.1 Å². The van der Waals surface area contributed by atoms with E-state index in [1.165, 1.54) is 75.4 Å². The van der Waals surface area contributed by atoms with Crippen LogP contribution >= 0.6 is 34.9 Å². The van der Waals surface area contributed by atoms with Gasteiger partial charge in [0, 0.05) is 94.0 Å². The quantitative estimate of drug-likeness (QED) is 0.0152. The number of thioether (sulfide) groups is 2. The Morgan fingerprint density at radius 2 is 1.16 bits per heavy atom. The average molecular weight is 1900 g/mol. The molecule has 0 radical (unpaired) electrons. The Labute approximate surface area is 775 Å². The highest BCUT2D eigenvalue weighted by atomic mass is 32.2. The summed E-state index contributed by atoms with van der Waals surface area (Å²) >= 11 is 3.42. The third-order valence-corrected chi connectivity index (χ3v) is 25.9. The van der Waals surface area contributed by atoms with Crippen LogP contribution in [0, 0.1) is 11.3 Å². The first-order valence-electron chi connectivity index (χ1n) is 43.6. The first-order chi connectivity index (χ1) is 62.8. The average Bonchev–Trinajstić information content (AvgIpc) is 1.22. The summed E-state index contributed by atoms with van der Waals surface area (Å²) in [5.41, 5.74) is 18.8. The summed E-state index contributed by atoms with van der Waals surface area (Å²) < 4.78 is 0.805. The highest BCUT2D eigenvalue weighted by Crippen LogP contribution is 2.30. The van der Waals surface area contributed by atoms with Crippen molar-refractivity contribution < 1.29 is 102 Å². The molecule has 15 atom stereocenters. The number of hydrogen-bond donors (Lipinski definition) is 20. The standard InChI is InChI=1S/C87H123N21O21S3/c1-9-10-21-65-79(122)96-56(20-15-29-92-87(90)91)75(118)103-64(74(117)94-39-71(89)114)44-131-45-72(115)95-59(33-48-24-26-51(111)27-25-48)82(125)104(5)47(4)73(116)98-61(37-70(88)113)84(127)107-30-16-22-66(107)80(123)102-63(42-110)78(121)99-58(32-46(2)3)85(128)108-40-52(112)36-68(108)81(124)97-57(34-49-38-93-55-19-13-11-17-53(49)55)76(119)101-62(41-109)77(120)100-60(35-50-43-132-69-23-14-12-18-54(50)69)83(126)106(7)67(28-31-130-8)86(129)105(65)6/h11-14,17-19,23-27,38,43,46-47,52,56-68,93,109-112H,9-10,15-16,20-22,28-37,39-42,44-45H2,1-8H3,(H2,88,113)(H2,89,114)(H,94,117)(H,95,115)(H,96,122)(H,97,124)(H,98,116)(H,99,121)(H,100,120)(H,101,119)(H,102,123)(H,103,118)(H4,90,91,92)/t47-,52+,56-,57-,58-,59-,60-,61-,62-,63-,64?,65-,66-,67-,68?/m0/s1. The molecule has 8 rings (SSSR count). The summed E-state index contributed by atoms with van der Waals surface area (Å²) in [5, 5.41) is 82.9. The van der Waals surface area contributed by atoms with Gasteiger partial charge in [-0.2, -0.15) is 11.8 Å². The Morgan fingerprint density at radius 1 is 0.583 bits per heavy atom. The molecule has 42 nitrogen and oxygen atoms in total. The minimum atomic E-state index is -1.89. The molecule has 2 unspecified atom stereocenters. The predicted octanol–water partition coefficient (Wildman–Crippen LogP) is -3.61. The van der Waals surface area contributed by atoms with Gasteiger partial charge in [0.1, 0.15) is 90.3 Å². The highest BCUT2D eigenvalue weighted by Gasteiger charge is 2.47. The van der Waals surface area contributed by atoms with Crippen molar-refractivity contribution in [3.05, 3.63) is 101 Å². The molecule has 0 bridgehead atoms. The maximum Gasteiger partial charge on any atom is 0.246 e. The lowest BCUT2D eigenvalue weighted by Crippen LogP contribution is -2.62. The van der Waals surface area contributed by atoms with Crippen LogP contribution in [0.15, 0.2) is 84.4 Å². The number of carbonyl (C=O) groups is 17. The van der Waals surface area contributed by atoms with Crippen molar-refractivity contribution >= 4 is 162 Å². The van der Waals surface area contributed by atoms with Crippen molar-refractivity contribution in [2.24, 2.45) is 23.1 Å². The molecule has 17 amide bonds. The number of carbonyl (C=O) groups excluding carboxylic acids is 17. The van der Waals surface area contributed by atoms with E-state index >= 15 is 33.6 Å². The number of thiophene rings is 1. The number of guanidine groups is 1. The minimum Gasteiger partial charge on any atom is -0.508 e. The lowest BCUT2D eigenvalue weighted by atomic mass is 10.0. The minimum absolute atomic E-state index is 0.0170. The second-order valence-corrected chi connectivity index (χ2v) is 36.3. The summed E-state index contributed by atoms with van der Waals surface area (Å²) in [5.74, 6) is -18.3. The van der Waals surface area contributed by atoms with Crippen LogP contribution in [0.1, 0.15) is 115 Å². The number of nitrogens with one attached hydrogen (secondary N) is 13. The van der Waals surface area contributed by atoms with Crippen LogP contribution in [0.4, 0.5) is 0 Å². The number of hydrogen-bond acceptors (Lipinski definition) is 25. The van der Waals surface area contributed by atoms with Gasteiger partial charge >= 0.3 is 0 Å². The molecule has 3 aliphatic rings. The number of nitrogens with two attached hydrogens (primary N) is 3. The van der Waals surface area contributed by atoms with Crippen molar-refractivity contribution in [2.45, 2.75) is 208 Å². The van der Waals surface area contributed by atoms with Gasteiger partial charge in [-0.25, -0.2) is 0 Å². The number of aliphatic hydroxyl groups is 3. The van der Waals surface area contributed by atoms with Crippen LogP contribution in [0.3, 0.4) is 0 Å². The summed E-state index contributed by atoms with van der Waals surface area (Å²) in [6.45, 7) is 2.92. The molecule has 3 aliphatic heterocycles. The number of para-hydroxylation sites is 1. The molecule has 5 heterocycles. The summed E-state index contributed by atoms with van der Waals surface area (Å²) in [7, 11) is 3.87. The number of phenolic OH excluding ortho intramolecular Hbond substituents is 1. The van der Waals surface area contributed by atoms with Crippen molar-refractivity contribution in [3.8, 4) is 5.75 Å². The molecular formula is C87H123N21O21S3. The van der Waals surface area contributed by atoms with E-state index in [2.05, 4.69) is 63.5 Å². The number of aromatic amines is 1. The lowest BCUT2D eigenvalue weighted by molar-refractivity contribution is -0.149. The van der Waals surface area contributed by atoms with Gasteiger partial charge in [0.25, 0.3) is 0 Å². The summed E-state index contributed by atoms with van der Waals surface area (Å²) in [6, 6.07) is -2.61. The second-order valence-electron chi connectivity index (χ2n) is 33.4. The van der Waals surface area contributed by atoms with E-state index in [1.54, 1.807) is 68.1 Å². The van der Waals surface area contributed by atoms with E-state index in [4.69, 9.17) is 22.6 Å².